The van der Waals surface area contributed by atoms with Gasteiger partial charge in [0.05, 0.1) is 18.3 Å². The molecule has 0 radical (unpaired) electrons. The molecule has 0 amide bonds. The van der Waals surface area contributed by atoms with Crippen molar-refractivity contribution in [2.45, 2.75) is 38.9 Å². The van der Waals surface area contributed by atoms with Crippen LogP contribution in [0.5, 0.6) is 5.75 Å². The van der Waals surface area contributed by atoms with Crippen molar-refractivity contribution in [1.82, 2.24) is 0 Å². The predicted octanol–water partition coefficient (Wildman–Crippen LogP) is 3.92. The Labute approximate surface area is 141 Å². The number of benzene rings is 1. The molecule has 0 saturated carbocycles. The monoisotopic (exact) mass is 342 g/mol. The Bertz CT molecular complexity index is 616. The zero-order valence-electron chi connectivity index (χ0n) is 13.9. The lowest BCUT2D eigenvalue weighted by Crippen LogP contribution is -2.41. The lowest BCUT2D eigenvalue weighted by molar-refractivity contribution is 0.00578. The molecule has 0 N–H and O–H groups in total. The highest BCUT2D eigenvalue weighted by Crippen LogP contribution is 2.39. The van der Waals surface area contributed by atoms with Gasteiger partial charge in [0, 0.05) is 17.4 Å². The second-order valence-corrected chi connectivity index (χ2v) is 6.79. The molecule has 7 heteroatoms. The fourth-order valence-electron chi connectivity index (χ4n) is 2.29. The second kappa shape index (κ2) is 6.45. The van der Waals surface area contributed by atoms with Crippen LogP contribution in [0.1, 0.15) is 33.3 Å². The van der Waals surface area contributed by atoms with Gasteiger partial charge in [0.1, 0.15) is 5.82 Å². The Hall–Kier alpha value is -1.05. The molecule has 0 aliphatic carbocycles. The minimum atomic E-state index is -0.758. The third kappa shape index (κ3) is 3.57. The Morgan fingerprint density at radius 3 is 2.26 bits per heavy atom. The van der Waals surface area contributed by atoms with Crippen LogP contribution in [0.25, 0.3) is 6.08 Å². The van der Waals surface area contributed by atoms with Gasteiger partial charge in [-0.2, -0.15) is 12.6 Å². The molecule has 1 heterocycles. The first-order valence-corrected chi connectivity index (χ1v) is 7.94. The van der Waals surface area contributed by atoms with E-state index in [0.29, 0.717) is 11.2 Å². The van der Waals surface area contributed by atoms with E-state index in [4.69, 9.17) is 14.0 Å². The summed E-state index contributed by atoms with van der Waals surface area (Å²) in [6, 6.07) is 1.99. The van der Waals surface area contributed by atoms with Crippen molar-refractivity contribution in [2.24, 2.45) is 0 Å². The lowest BCUT2D eigenvalue weighted by Gasteiger charge is -2.32. The van der Waals surface area contributed by atoms with Gasteiger partial charge in [-0.05, 0) is 39.2 Å². The van der Waals surface area contributed by atoms with Gasteiger partial charge >= 0.3 is 7.12 Å². The molecule has 0 unspecified atom stereocenters. The van der Waals surface area contributed by atoms with E-state index in [1.807, 2.05) is 27.7 Å². The van der Waals surface area contributed by atoms with E-state index in [1.165, 1.54) is 13.2 Å². The fraction of sp³-hybridized carbons (Fsp3) is 0.500. The average Bonchev–Trinajstić information content (AvgIpc) is 2.64. The van der Waals surface area contributed by atoms with Crippen molar-refractivity contribution in [1.29, 1.82) is 0 Å². The predicted molar refractivity (Wildman–Crippen MR) is 90.8 cm³/mol. The molecular weight excluding hydrogens is 321 g/mol. The Morgan fingerprint density at radius 1 is 1.22 bits per heavy atom. The van der Waals surface area contributed by atoms with Crippen LogP contribution in [0.2, 0.25) is 0 Å². The van der Waals surface area contributed by atoms with Gasteiger partial charge in [-0.25, -0.2) is 8.78 Å². The van der Waals surface area contributed by atoms with Crippen molar-refractivity contribution < 1.29 is 22.8 Å². The van der Waals surface area contributed by atoms with Crippen LogP contribution in [0.3, 0.4) is 0 Å². The van der Waals surface area contributed by atoms with E-state index in [1.54, 1.807) is 6.08 Å². The van der Waals surface area contributed by atoms with Gasteiger partial charge < -0.3 is 14.0 Å². The van der Waals surface area contributed by atoms with Gasteiger partial charge in [0.25, 0.3) is 0 Å². The van der Waals surface area contributed by atoms with Gasteiger partial charge in [-0.1, -0.05) is 6.08 Å². The number of methoxy groups -OCH3 is 1. The van der Waals surface area contributed by atoms with E-state index < -0.39 is 30.0 Å². The molecule has 0 bridgehead atoms. The maximum absolute atomic E-state index is 13.8. The van der Waals surface area contributed by atoms with Crippen molar-refractivity contribution in [3.8, 4) is 5.75 Å². The van der Waals surface area contributed by atoms with Gasteiger partial charge in [0.15, 0.2) is 11.6 Å². The zero-order valence-corrected chi connectivity index (χ0v) is 14.8. The fourth-order valence-corrected chi connectivity index (χ4v) is 2.53. The number of thiol groups is 1. The summed E-state index contributed by atoms with van der Waals surface area (Å²) >= 11 is 4.29. The number of hydrogen-bond donors (Lipinski definition) is 1. The highest BCUT2D eigenvalue weighted by molar-refractivity contribution is 7.80. The summed E-state index contributed by atoms with van der Waals surface area (Å²) in [5.41, 5.74) is -0.0624. The Morgan fingerprint density at radius 2 is 1.78 bits per heavy atom. The Kier molecular flexibility index (Phi) is 5.13. The summed E-state index contributed by atoms with van der Waals surface area (Å²) in [6.07, 6.45) is 1.60. The number of hydrogen-bond acceptors (Lipinski definition) is 4. The molecule has 126 valence electrons. The van der Waals surface area contributed by atoms with Gasteiger partial charge in [-0.3, -0.25) is 0 Å². The van der Waals surface area contributed by atoms with E-state index in [9.17, 15) is 8.78 Å². The molecule has 1 aliphatic rings. The first kappa shape index (κ1) is 18.3. The van der Waals surface area contributed by atoms with E-state index >= 15 is 0 Å². The molecule has 1 aromatic carbocycles. The number of ether oxygens (including phenoxy) is 1. The molecule has 23 heavy (non-hydrogen) atoms. The summed E-state index contributed by atoms with van der Waals surface area (Å²) in [4.78, 5) is 0. The van der Waals surface area contributed by atoms with Crippen molar-refractivity contribution in [3.05, 3.63) is 34.8 Å². The highest BCUT2D eigenvalue weighted by Gasteiger charge is 2.52. The van der Waals surface area contributed by atoms with Crippen LogP contribution in [-0.4, -0.2) is 31.2 Å². The quantitative estimate of drug-likeness (QED) is 0.664. The van der Waals surface area contributed by atoms with Crippen LogP contribution in [0.4, 0.5) is 8.78 Å². The summed E-state index contributed by atoms with van der Waals surface area (Å²) in [5, 5.41) is 0. The lowest BCUT2D eigenvalue weighted by atomic mass is 9.78. The number of rotatable bonds is 4. The second-order valence-electron chi connectivity index (χ2n) is 6.48. The van der Waals surface area contributed by atoms with Crippen LogP contribution >= 0.6 is 12.6 Å². The summed E-state index contributed by atoms with van der Waals surface area (Å²) < 4.78 is 44.3. The zero-order chi connectivity index (χ0) is 17.4. The molecule has 1 aliphatic heterocycles. The van der Waals surface area contributed by atoms with Crippen LogP contribution in [-0.2, 0) is 9.31 Å². The summed E-state index contributed by atoms with van der Waals surface area (Å²) in [7, 11) is 0.705. The minimum absolute atomic E-state index is 0.0257. The minimum Gasteiger partial charge on any atom is -0.493 e. The first-order valence-electron chi connectivity index (χ1n) is 7.31. The average molecular weight is 342 g/mol. The smallest absolute Gasteiger partial charge is 0.491 e. The molecule has 1 fully saturated rings. The maximum atomic E-state index is 13.8. The summed E-state index contributed by atoms with van der Waals surface area (Å²) in [6.45, 7) is 7.74. The summed E-state index contributed by atoms with van der Waals surface area (Å²) in [5.74, 6) is -1.15. The van der Waals surface area contributed by atoms with Crippen molar-refractivity contribution >= 4 is 25.8 Å². The van der Waals surface area contributed by atoms with E-state index in [2.05, 4.69) is 12.6 Å². The highest BCUT2D eigenvalue weighted by atomic mass is 32.1. The molecular formula is C16H21BF2O3S. The van der Waals surface area contributed by atoms with Gasteiger partial charge in [0.2, 0.25) is 0 Å². The molecule has 2 rings (SSSR count). The molecule has 0 spiro atoms. The molecule has 1 saturated heterocycles. The van der Waals surface area contributed by atoms with Crippen LogP contribution < -0.4 is 4.74 Å². The van der Waals surface area contributed by atoms with E-state index in [0.717, 1.165) is 6.07 Å². The standard InChI is InChI=1S/C16H21BF2O3S/c1-15(2)16(3,4)22-17(21-15)11(9-23)6-10-7-12(18)8-13(19)14(10)20-5/h6-8,23H,9H2,1-5H3. The van der Waals surface area contributed by atoms with Crippen LogP contribution in [0, 0.1) is 11.6 Å². The molecule has 1 aromatic rings. The molecule has 0 aromatic heterocycles. The SMILES string of the molecule is COc1c(F)cc(F)cc1C=C(CS)B1OC(C)(C)C(C)(C)O1. The van der Waals surface area contributed by atoms with Crippen LogP contribution in [0.15, 0.2) is 17.6 Å². The molecule has 0 atom stereocenters. The topological polar surface area (TPSA) is 27.7 Å². The normalized spacial score (nSPS) is 20.0. The first-order chi connectivity index (χ1) is 10.6. The van der Waals surface area contributed by atoms with Gasteiger partial charge in [-0.15, -0.1) is 0 Å². The van der Waals surface area contributed by atoms with E-state index in [-0.39, 0.29) is 11.3 Å². The molecule has 3 nitrogen and oxygen atoms in total. The number of halogens is 2. The van der Waals surface area contributed by atoms with Crippen molar-refractivity contribution in [3.63, 3.8) is 0 Å². The third-order valence-corrected chi connectivity index (χ3v) is 4.69. The Balaban J connectivity index is 2.42. The third-order valence-electron chi connectivity index (χ3n) is 4.32. The van der Waals surface area contributed by atoms with Crippen molar-refractivity contribution in [2.75, 3.05) is 12.9 Å². The maximum Gasteiger partial charge on any atom is 0.491 e. The largest absolute Gasteiger partial charge is 0.493 e.